The molecule has 110 valence electrons. The summed E-state index contributed by atoms with van der Waals surface area (Å²) in [6.07, 6.45) is 1.13. The van der Waals surface area contributed by atoms with E-state index in [1.807, 2.05) is 44.2 Å². The van der Waals surface area contributed by atoms with E-state index in [4.69, 9.17) is 5.11 Å². The molecule has 20 heavy (non-hydrogen) atoms. The average Bonchev–Trinajstić information content (AvgIpc) is 2.44. The fourth-order valence-corrected chi connectivity index (χ4v) is 1.99. The normalized spacial score (nSPS) is 13.6. The van der Waals surface area contributed by atoms with E-state index >= 15 is 0 Å². The van der Waals surface area contributed by atoms with Crippen LogP contribution in [0.4, 0.5) is 0 Å². The van der Waals surface area contributed by atoms with Gasteiger partial charge >= 0.3 is 5.97 Å². The van der Waals surface area contributed by atoms with Gasteiger partial charge in [-0.3, -0.25) is 9.59 Å². The Morgan fingerprint density at radius 2 is 1.80 bits per heavy atom. The monoisotopic (exact) mass is 277 g/mol. The quantitative estimate of drug-likeness (QED) is 0.833. The van der Waals surface area contributed by atoms with Gasteiger partial charge in [0.2, 0.25) is 5.91 Å². The zero-order chi connectivity index (χ0) is 15.1. The maximum absolute atomic E-state index is 12.4. The van der Waals surface area contributed by atoms with Crippen molar-refractivity contribution in [3.63, 3.8) is 0 Å². The van der Waals surface area contributed by atoms with Crippen molar-refractivity contribution in [2.45, 2.75) is 39.7 Å². The highest BCUT2D eigenvalue weighted by Crippen LogP contribution is 2.12. The van der Waals surface area contributed by atoms with Gasteiger partial charge in [-0.2, -0.15) is 0 Å². The lowest BCUT2D eigenvalue weighted by Crippen LogP contribution is -2.43. The second-order valence-corrected chi connectivity index (χ2v) is 5.21. The molecule has 0 radical (unpaired) electrons. The predicted octanol–water partition coefficient (Wildman–Crippen LogP) is 2.58. The molecule has 1 amide bonds. The molecule has 0 saturated carbocycles. The van der Waals surface area contributed by atoms with Crippen molar-refractivity contribution in [3.05, 3.63) is 35.9 Å². The number of carbonyl (C=O) groups excluding carboxylic acids is 1. The van der Waals surface area contributed by atoms with Crippen LogP contribution < -0.4 is 0 Å². The van der Waals surface area contributed by atoms with E-state index < -0.39 is 11.9 Å². The molecule has 2 atom stereocenters. The van der Waals surface area contributed by atoms with Crippen molar-refractivity contribution in [3.8, 4) is 0 Å². The van der Waals surface area contributed by atoms with Crippen molar-refractivity contribution in [1.29, 1.82) is 0 Å². The summed E-state index contributed by atoms with van der Waals surface area (Å²) in [4.78, 5) is 25.1. The number of aliphatic carboxylic acids is 1. The molecule has 1 aromatic rings. The SMILES string of the molecule is CCC(C)N(CC(C)C(=O)O)C(=O)Cc1ccccc1. The van der Waals surface area contributed by atoms with E-state index in [-0.39, 0.29) is 18.5 Å². The molecule has 1 aromatic carbocycles. The summed E-state index contributed by atoms with van der Waals surface area (Å²) < 4.78 is 0. The molecule has 4 heteroatoms. The predicted molar refractivity (Wildman–Crippen MR) is 78.4 cm³/mol. The first kappa shape index (κ1) is 16.2. The van der Waals surface area contributed by atoms with E-state index in [9.17, 15) is 9.59 Å². The lowest BCUT2D eigenvalue weighted by molar-refractivity contribution is -0.143. The van der Waals surface area contributed by atoms with E-state index in [1.54, 1.807) is 11.8 Å². The first-order valence-electron chi connectivity index (χ1n) is 7.01. The molecule has 0 spiro atoms. The van der Waals surface area contributed by atoms with E-state index in [0.717, 1.165) is 12.0 Å². The number of amides is 1. The maximum atomic E-state index is 12.4. The Balaban J connectivity index is 2.77. The molecule has 0 aliphatic carbocycles. The zero-order valence-corrected chi connectivity index (χ0v) is 12.4. The summed E-state index contributed by atoms with van der Waals surface area (Å²) in [6.45, 7) is 5.85. The lowest BCUT2D eigenvalue weighted by atomic mass is 10.1. The van der Waals surface area contributed by atoms with Gasteiger partial charge < -0.3 is 10.0 Å². The third-order valence-electron chi connectivity index (χ3n) is 3.53. The van der Waals surface area contributed by atoms with Crippen molar-refractivity contribution in [2.75, 3.05) is 6.54 Å². The molecular weight excluding hydrogens is 254 g/mol. The van der Waals surface area contributed by atoms with Gasteiger partial charge in [-0.25, -0.2) is 0 Å². The molecule has 4 nitrogen and oxygen atoms in total. The van der Waals surface area contributed by atoms with Crippen molar-refractivity contribution in [1.82, 2.24) is 4.90 Å². The standard InChI is InChI=1S/C16H23NO3/c1-4-13(3)17(11-12(2)16(19)20)15(18)10-14-8-6-5-7-9-14/h5-9,12-13H,4,10-11H2,1-3H3,(H,19,20). The maximum Gasteiger partial charge on any atom is 0.308 e. The molecule has 2 unspecified atom stereocenters. The minimum absolute atomic E-state index is 0.0151. The second-order valence-electron chi connectivity index (χ2n) is 5.21. The highest BCUT2D eigenvalue weighted by molar-refractivity contribution is 5.80. The van der Waals surface area contributed by atoms with Crippen LogP contribution in [0, 0.1) is 5.92 Å². The molecule has 1 N–H and O–H groups in total. The Bertz CT molecular complexity index is 444. The summed E-state index contributed by atoms with van der Waals surface area (Å²) in [7, 11) is 0. The number of carboxylic acids is 1. The number of benzene rings is 1. The molecule has 0 aromatic heterocycles. The number of carboxylic acid groups (broad SMARTS) is 1. The molecule has 0 saturated heterocycles. The van der Waals surface area contributed by atoms with Gasteiger partial charge in [0.15, 0.2) is 0 Å². The summed E-state index contributed by atoms with van der Waals surface area (Å²) in [5.41, 5.74) is 0.953. The second kappa shape index (κ2) is 7.68. The number of rotatable bonds is 7. The Morgan fingerprint density at radius 1 is 1.20 bits per heavy atom. The highest BCUT2D eigenvalue weighted by Gasteiger charge is 2.23. The molecule has 0 heterocycles. The van der Waals surface area contributed by atoms with Crippen LogP contribution in [-0.4, -0.2) is 34.5 Å². The summed E-state index contributed by atoms with van der Waals surface area (Å²) in [5.74, 6) is -1.44. The number of hydrogen-bond acceptors (Lipinski definition) is 2. The largest absolute Gasteiger partial charge is 0.481 e. The third-order valence-corrected chi connectivity index (χ3v) is 3.53. The van der Waals surface area contributed by atoms with E-state index in [2.05, 4.69) is 0 Å². The summed E-state index contributed by atoms with van der Waals surface area (Å²) >= 11 is 0. The number of hydrogen-bond donors (Lipinski definition) is 1. The van der Waals surface area contributed by atoms with Crippen LogP contribution in [0.3, 0.4) is 0 Å². The summed E-state index contributed by atoms with van der Waals surface area (Å²) in [6, 6.07) is 9.58. The minimum Gasteiger partial charge on any atom is -0.481 e. The highest BCUT2D eigenvalue weighted by atomic mass is 16.4. The lowest BCUT2D eigenvalue weighted by Gasteiger charge is -2.30. The fourth-order valence-electron chi connectivity index (χ4n) is 1.99. The van der Waals surface area contributed by atoms with Crippen LogP contribution in [0.2, 0.25) is 0 Å². The Morgan fingerprint density at radius 3 is 2.30 bits per heavy atom. The first-order chi connectivity index (χ1) is 9.45. The van der Waals surface area contributed by atoms with Crippen molar-refractivity contribution < 1.29 is 14.7 Å². The molecule has 0 bridgehead atoms. The van der Waals surface area contributed by atoms with Gasteiger partial charge in [-0.15, -0.1) is 0 Å². The number of nitrogens with zero attached hydrogens (tertiary/aromatic N) is 1. The van der Waals surface area contributed by atoms with E-state index in [1.165, 1.54) is 0 Å². The Hall–Kier alpha value is -1.84. The van der Waals surface area contributed by atoms with Gasteiger partial charge in [0, 0.05) is 12.6 Å². The zero-order valence-electron chi connectivity index (χ0n) is 12.4. The topological polar surface area (TPSA) is 57.6 Å². The van der Waals surface area contributed by atoms with Gasteiger partial charge in [0.05, 0.1) is 12.3 Å². The van der Waals surface area contributed by atoms with Gasteiger partial charge in [0.25, 0.3) is 0 Å². The van der Waals surface area contributed by atoms with Crippen LogP contribution in [0.5, 0.6) is 0 Å². The molecule has 0 aliphatic heterocycles. The van der Waals surface area contributed by atoms with Gasteiger partial charge in [0.1, 0.15) is 0 Å². The van der Waals surface area contributed by atoms with Crippen LogP contribution in [0.1, 0.15) is 32.8 Å². The van der Waals surface area contributed by atoms with E-state index in [0.29, 0.717) is 6.42 Å². The Labute approximate surface area is 120 Å². The number of carbonyl (C=O) groups is 2. The van der Waals surface area contributed by atoms with Crippen LogP contribution >= 0.6 is 0 Å². The average molecular weight is 277 g/mol. The van der Waals surface area contributed by atoms with Gasteiger partial charge in [-0.1, -0.05) is 44.2 Å². The molecule has 1 rings (SSSR count). The summed E-state index contributed by atoms with van der Waals surface area (Å²) in [5, 5.41) is 9.02. The van der Waals surface area contributed by atoms with Crippen LogP contribution in [-0.2, 0) is 16.0 Å². The first-order valence-corrected chi connectivity index (χ1v) is 7.01. The molecular formula is C16H23NO3. The molecule has 0 fully saturated rings. The smallest absolute Gasteiger partial charge is 0.308 e. The van der Waals surface area contributed by atoms with Gasteiger partial charge in [-0.05, 0) is 18.9 Å². The van der Waals surface area contributed by atoms with Crippen molar-refractivity contribution >= 4 is 11.9 Å². The fraction of sp³-hybridized carbons (Fsp3) is 0.500. The minimum atomic E-state index is -0.870. The Kier molecular flexibility index (Phi) is 6.22. The third kappa shape index (κ3) is 4.68. The van der Waals surface area contributed by atoms with Crippen LogP contribution in [0.25, 0.3) is 0 Å². The van der Waals surface area contributed by atoms with Crippen LogP contribution in [0.15, 0.2) is 30.3 Å². The molecule has 0 aliphatic rings. The van der Waals surface area contributed by atoms with Crippen molar-refractivity contribution in [2.24, 2.45) is 5.92 Å².